The highest BCUT2D eigenvalue weighted by molar-refractivity contribution is 5.91. The van der Waals surface area contributed by atoms with E-state index in [0.29, 0.717) is 0 Å². The summed E-state index contributed by atoms with van der Waals surface area (Å²) in [5, 5.41) is 17.3. The minimum atomic E-state index is -1.36. The molecule has 10 nitrogen and oxygen atoms in total. The van der Waals surface area contributed by atoms with Gasteiger partial charge in [-0.15, -0.1) is 0 Å². The Morgan fingerprint density at radius 1 is 0.739 bits per heavy atom. The standard InChI is InChI=1S/C13H8O10/c14-10(15)6-1-3-8(22-6)12(18)20-5-21-13(19)9-4-2-7(23-9)11(16)17/h1-4H,5H2,(H,14,15)(H,16,17). The lowest BCUT2D eigenvalue weighted by molar-refractivity contribution is -0.0204. The van der Waals surface area contributed by atoms with Gasteiger partial charge in [0.15, 0.2) is 0 Å². The normalized spacial score (nSPS) is 10.1. The lowest BCUT2D eigenvalue weighted by Gasteiger charge is -2.03. The van der Waals surface area contributed by atoms with Crippen molar-refractivity contribution in [2.24, 2.45) is 0 Å². The predicted octanol–water partition coefficient (Wildman–Crippen LogP) is 1.24. The second-order valence-electron chi connectivity index (χ2n) is 3.92. The van der Waals surface area contributed by atoms with E-state index >= 15 is 0 Å². The second kappa shape index (κ2) is 6.47. The Morgan fingerprint density at radius 2 is 1.09 bits per heavy atom. The smallest absolute Gasteiger partial charge is 0.377 e. The Morgan fingerprint density at radius 3 is 1.39 bits per heavy atom. The van der Waals surface area contributed by atoms with Crippen LogP contribution in [0.5, 0.6) is 0 Å². The molecule has 0 aliphatic carbocycles. The molecule has 2 aromatic heterocycles. The summed E-state index contributed by atoms with van der Waals surface area (Å²) in [6.45, 7) is -0.802. The summed E-state index contributed by atoms with van der Waals surface area (Å²) in [6, 6.07) is 4.28. The van der Waals surface area contributed by atoms with Crippen LogP contribution in [0, 0.1) is 0 Å². The Kier molecular flexibility index (Phi) is 4.45. The number of ether oxygens (including phenoxy) is 2. The molecule has 0 radical (unpaired) electrons. The van der Waals surface area contributed by atoms with Crippen molar-refractivity contribution in [3.8, 4) is 0 Å². The molecule has 0 aromatic carbocycles. The molecule has 0 aliphatic heterocycles. The number of carbonyl (C=O) groups is 4. The summed E-state index contributed by atoms with van der Waals surface area (Å²) < 4.78 is 18.4. The molecule has 2 rings (SSSR count). The maximum atomic E-state index is 11.5. The zero-order chi connectivity index (χ0) is 17.0. The number of carbonyl (C=O) groups excluding carboxylic acids is 2. The van der Waals surface area contributed by atoms with Crippen molar-refractivity contribution in [3.63, 3.8) is 0 Å². The maximum Gasteiger partial charge on any atom is 0.377 e. The van der Waals surface area contributed by atoms with E-state index in [4.69, 9.17) is 10.2 Å². The Labute approximate surface area is 126 Å². The van der Waals surface area contributed by atoms with Gasteiger partial charge in [0.1, 0.15) is 0 Å². The first-order valence-corrected chi connectivity index (χ1v) is 5.89. The Bertz CT molecular complexity index is 701. The molecule has 0 bridgehead atoms. The van der Waals surface area contributed by atoms with Crippen LogP contribution in [0.4, 0.5) is 0 Å². The van der Waals surface area contributed by atoms with Gasteiger partial charge in [0.05, 0.1) is 0 Å². The molecule has 0 amide bonds. The first kappa shape index (κ1) is 15.8. The molecule has 23 heavy (non-hydrogen) atoms. The fourth-order valence-electron chi connectivity index (χ4n) is 1.40. The lowest BCUT2D eigenvalue weighted by atomic mass is 10.4. The number of carboxylic acids is 2. The zero-order valence-electron chi connectivity index (χ0n) is 11.2. The monoisotopic (exact) mass is 324 g/mol. The molecule has 2 N–H and O–H groups in total. The number of carboxylic acid groups (broad SMARTS) is 2. The highest BCUT2D eigenvalue weighted by Gasteiger charge is 2.19. The molecule has 120 valence electrons. The van der Waals surface area contributed by atoms with Gasteiger partial charge >= 0.3 is 23.9 Å². The number of hydrogen-bond acceptors (Lipinski definition) is 8. The lowest BCUT2D eigenvalue weighted by Crippen LogP contribution is -2.12. The van der Waals surface area contributed by atoms with Crippen molar-refractivity contribution in [2.75, 3.05) is 6.79 Å². The number of aromatic carboxylic acids is 2. The minimum Gasteiger partial charge on any atom is -0.475 e. The summed E-state index contributed by atoms with van der Waals surface area (Å²) in [5.74, 6) is -6.48. The van der Waals surface area contributed by atoms with Crippen LogP contribution < -0.4 is 0 Å². The number of esters is 2. The van der Waals surface area contributed by atoms with E-state index in [1.807, 2.05) is 0 Å². The van der Waals surface area contributed by atoms with E-state index in [0.717, 1.165) is 24.3 Å². The number of furan rings is 2. The fourth-order valence-corrected chi connectivity index (χ4v) is 1.40. The summed E-state index contributed by atoms with van der Waals surface area (Å²) in [6.07, 6.45) is 0. The molecular weight excluding hydrogens is 316 g/mol. The number of rotatable bonds is 6. The van der Waals surface area contributed by atoms with Gasteiger partial charge in [0.25, 0.3) is 0 Å². The van der Waals surface area contributed by atoms with Gasteiger partial charge in [-0.25, -0.2) is 19.2 Å². The van der Waals surface area contributed by atoms with Crippen LogP contribution in [-0.4, -0.2) is 40.9 Å². The van der Waals surface area contributed by atoms with E-state index < -0.39 is 42.2 Å². The minimum absolute atomic E-state index is 0.385. The average Bonchev–Trinajstić information content (AvgIpc) is 3.16. The quantitative estimate of drug-likeness (QED) is 0.585. The molecule has 0 saturated heterocycles. The van der Waals surface area contributed by atoms with Crippen LogP contribution in [0.3, 0.4) is 0 Å². The summed E-state index contributed by atoms with van der Waals surface area (Å²) in [4.78, 5) is 44.1. The molecule has 2 aromatic rings. The van der Waals surface area contributed by atoms with Crippen molar-refractivity contribution in [2.45, 2.75) is 0 Å². The van der Waals surface area contributed by atoms with Crippen LogP contribution >= 0.6 is 0 Å². The van der Waals surface area contributed by atoms with Crippen LogP contribution in [0.25, 0.3) is 0 Å². The van der Waals surface area contributed by atoms with Gasteiger partial charge in [-0.05, 0) is 24.3 Å². The highest BCUT2D eigenvalue weighted by atomic mass is 16.7. The molecule has 2 heterocycles. The molecular formula is C13H8O10. The maximum absolute atomic E-state index is 11.5. The van der Waals surface area contributed by atoms with Gasteiger partial charge in [0, 0.05) is 0 Å². The molecule has 0 fully saturated rings. The van der Waals surface area contributed by atoms with Gasteiger partial charge in [-0.1, -0.05) is 0 Å². The Balaban J connectivity index is 1.85. The van der Waals surface area contributed by atoms with Crippen molar-refractivity contribution in [1.29, 1.82) is 0 Å². The van der Waals surface area contributed by atoms with E-state index in [1.165, 1.54) is 0 Å². The summed E-state index contributed by atoms with van der Waals surface area (Å²) in [5.41, 5.74) is 0. The first-order valence-electron chi connectivity index (χ1n) is 5.89. The molecule has 10 heteroatoms. The third kappa shape index (κ3) is 3.75. The third-order valence-corrected chi connectivity index (χ3v) is 2.42. The van der Waals surface area contributed by atoms with Gasteiger partial charge in [-0.3, -0.25) is 0 Å². The molecule has 0 spiro atoms. The van der Waals surface area contributed by atoms with Gasteiger partial charge < -0.3 is 28.5 Å². The second-order valence-corrected chi connectivity index (χ2v) is 3.92. The molecule has 0 atom stereocenters. The van der Waals surface area contributed by atoms with Crippen molar-refractivity contribution in [3.05, 3.63) is 47.3 Å². The van der Waals surface area contributed by atoms with Crippen LogP contribution in [0.2, 0.25) is 0 Å². The number of hydrogen-bond donors (Lipinski definition) is 2. The fraction of sp³-hybridized carbons (Fsp3) is 0.0769. The van der Waals surface area contributed by atoms with E-state index in [1.54, 1.807) is 0 Å². The zero-order valence-corrected chi connectivity index (χ0v) is 11.2. The summed E-state index contributed by atoms with van der Waals surface area (Å²) >= 11 is 0. The largest absolute Gasteiger partial charge is 0.475 e. The third-order valence-electron chi connectivity index (χ3n) is 2.42. The topological polar surface area (TPSA) is 153 Å². The molecule has 0 aliphatic rings. The van der Waals surface area contributed by atoms with Crippen molar-refractivity contribution >= 4 is 23.9 Å². The van der Waals surface area contributed by atoms with Gasteiger partial charge in [0.2, 0.25) is 29.8 Å². The Hall–Kier alpha value is -3.56. The molecule has 0 unspecified atom stereocenters. The molecule has 0 saturated carbocycles. The van der Waals surface area contributed by atoms with Crippen molar-refractivity contribution < 1.29 is 47.7 Å². The predicted molar refractivity (Wildman–Crippen MR) is 67.0 cm³/mol. The van der Waals surface area contributed by atoms with Crippen LogP contribution in [0.15, 0.2) is 33.1 Å². The van der Waals surface area contributed by atoms with E-state index in [2.05, 4.69) is 18.3 Å². The summed E-state index contributed by atoms with van der Waals surface area (Å²) in [7, 11) is 0. The average molecular weight is 324 g/mol. The highest BCUT2D eigenvalue weighted by Crippen LogP contribution is 2.11. The van der Waals surface area contributed by atoms with Crippen LogP contribution in [0.1, 0.15) is 42.2 Å². The van der Waals surface area contributed by atoms with Gasteiger partial charge in [-0.2, -0.15) is 0 Å². The van der Waals surface area contributed by atoms with E-state index in [9.17, 15) is 19.2 Å². The van der Waals surface area contributed by atoms with E-state index in [-0.39, 0.29) is 11.5 Å². The van der Waals surface area contributed by atoms with Crippen LogP contribution in [-0.2, 0) is 9.47 Å². The SMILES string of the molecule is O=C(O)c1ccc(C(=O)OCOC(=O)c2ccc(C(=O)O)o2)o1. The first-order chi connectivity index (χ1) is 10.9. The van der Waals surface area contributed by atoms with Crippen molar-refractivity contribution in [1.82, 2.24) is 0 Å².